The maximum absolute atomic E-state index is 14.8. The van der Waals surface area contributed by atoms with Gasteiger partial charge in [-0.25, -0.2) is 9.18 Å². The largest absolute Gasteiger partial charge is 0.457 e. The number of ether oxygens (including phenoxy) is 3. The Morgan fingerprint density at radius 1 is 1.13 bits per heavy atom. The molecule has 11 heteroatoms. The van der Waals surface area contributed by atoms with Crippen LogP contribution in [0.5, 0.6) is 11.5 Å². The first-order valence-corrected chi connectivity index (χ1v) is 12.7. The molecule has 1 saturated carbocycles. The molecule has 0 unspecified atom stereocenters. The third kappa shape index (κ3) is 5.61. The number of nitrogens with one attached hydrogen (secondary N) is 2. The molecule has 200 valence electrons. The zero-order valence-corrected chi connectivity index (χ0v) is 21.6. The normalized spacial score (nSPS) is 19.9. The van der Waals surface area contributed by atoms with Crippen molar-refractivity contribution in [2.45, 2.75) is 36.9 Å². The van der Waals surface area contributed by atoms with Gasteiger partial charge in [0.15, 0.2) is 5.67 Å². The van der Waals surface area contributed by atoms with Gasteiger partial charge in [-0.3, -0.25) is 4.79 Å². The van der Waals surface area contributed by atoms with Gasteiger partial charge < -0.3 is 24.8 Å². The molecule has 2 N–H and O–H groups in total. The van der Waals surface area contributed by atoms with Crippen molar-refractivity contribution in [1.29, 1.82) is 0 Å². The molecular formula is C27H28ClFN4O5. The molecule has 2 aliphatic rings. The number of alkyl carbamates (subject to hydrolysis) is 1. The van der Waals surface area contributed by atoms with Crippen LogP contribution in [-0.4, -0.2) is 48.4 Å². The summed E-state index contributed by atoms with van der Waals surface area (Å²) in [6.45, 7) is 0.540. The van der Waals surface area contributed by atoms with Crippen LogP contribution in [0.15, 0.2) is 59.5 Å². The lowest BCUT2D eigenvalue weighted by Crippen LogP contribution is -2.40. The number of aromatic nitrogens is 2. The number of alkyl halides is 1. The predicted molar refractivity (Wildman–Crippen MR) is 140 cm³/mol. The molecule has 0 bridgehead atoms. The molecule has 9 nitrogen and oxygen atoms in total. The van der Waals surface area contributed by atoms with E-state index in [1.165, 1.54) is 18.0 Å². The summed E-state index contributed by atoms with van der Waals surface area (Å²) in [5.41, 5.74) is -0.654. The summed E-state index contributed by atoms with van der Waals surface area (Å²) in [5, 5.41) is 9.91. The second-order valence-corrected chi connectivity index (χ2v) is 9.95. The Bertz CT molecular complexity index is 1350. The molecule has 0 spiro atoms. The predicted octanol–water partition coefficient (Wildman–Crippen LogP) is 4.95. The minimum Gasteiger partial charge on any atom is -0.457 e. The van der Waals surface area contributed by atoms with Crippen LogP contribution in [0.4, 0.5) is 14.9 Å². The van der Waals surface area contributed by atoms with Gasteiger partial charge >= 0.3 is 6.09 Å². The van der Waals surface area contributed by atoms with Gasteiger partial charge in [0, 0.05) is 6.61 Å². The molecule has 38 heavy (non-hydrogen) atoms. The summed E-state index contributed by atoms with van der Waals surface area (Å²) in [4.78, 5) is 24.5. The quantitative estimate of drug-likeness (QED) is 0.415. The van der Waals surface area contributed by atoms with Crippen LogP contribution in [0.25, 0.3) is 5.69 Å². The van der Waals surface area contributed by atoms with Gasteiger partial charge in [-0.15, -0.1) is 0 Å². The average molecular weight is 543 g/mol. The highest BCUT2D eigenvalue weighted by molar-refractivity contribution is 6.32. The first-order chi connectivity index (χ1) is 18.3. The van der Waals surface area contributed by atoms with E-state index < -0.39 is 17.3 Å². The highest BCUT2D eigenvalue weighted by Gasteiger charge is 2.46. The molecule has 0 radical (unpaired) electrons. The number of hydrogen-bond acceptors (Lipinski definition) is 7. The van der Waals surface area contributed by atoms with Gasteiger partial charge in [0.25, 0.3) is 5.56 Å². The van der Waals surface area contributed by atoms with Crippen molar-refractivity contribution in [1.82, 2.24) is 15.1 Å². The molecule has 1 aromatic heterocycles. The maximum atomic E-state index is 14.8. The van der Waals surface area contributed by atoms with Gasteiger partial charge in [0.05, 0.1) is 43.4 Å². The van der Waals surface area contributed by atoms with Gasteiger partial charge in [-0.1, -0.05) is 23.7 Å². The van der Waals surface area contributed by atoms with E-state index in [4.69, 9.17) is 25.8 Å². The Kier molecular flexibility index (Phi) is 7.27. The Labute approximate surface area is 223 Å². The van der Waals surface area contributed by atoms with Crippen LogP contribution < -0.4 is 20.9 Å². The van der Waals surface area contributed by atoms with E-state index in [0.717, 1.165) is 18.4 Å². The zero-order valence-electron chi connectivity index (χ0n) is 20.8. The minimum absolute atomic E-state index is 0.00799. The van der Waals surface area contributed by atoms with E-state index in [2.05, 4.69) is 15.7 Å². The summed E-state index contributed by atoms with van der Waals surface area (Å²) in [5.74, 6) is 1.19. The van der Waals surface area contributed by atoms with Crippen LogP contribution >= 0.6 is 11.6 Å². The third-order valence-corrected chi connectivity index (χ3v) is 7.15. The van der Waals surface area contributed by atoms with Crippen molar-refractivity contribution < 1.29 is 23.4 Å². The number of anilines is 1. The van der Waals surface area contributed by atoms with Crippen molar-refractivity contribution in [3.05, 3.63) is 75.7 Å². The topological polar surface area (TPSA) is 104 Å². The third-order valence-electron chi connectivity index (χ3n) is 6.79. The van der Waals surface area contributed by atoms with Gasteiger partial charge in [0.2, 0.25) is 0 Å². The number of nitrogens with zero attached hydrogens (tertiary/aromatic N) is 2. The number of carbonyl (C=O) groups excluding carboxylic acids is 1. The minimum atomic E-state index is -1.51. The van der Waals surface area contributed by atoms with E-state index in [1.807, 2.05) is 24.3 Å². The lowest BCUT2D eigenvalue weighted by atomic mass is 9.99. The fourth-order valence-corrected chi connectivity index (χ4v) is 4.64. The lowest BCUT2D eigenvalue weighted by molar-refractivity contribution is -0.0234. The zero-order chi connectivity index (χ0) is 26.8. The smallest absolute Gasteiger partial charge is 0.407 e. The summed E-state index contributed by atoms with van der Waals surface area (Å²) in [6, 6.07) is 14.3. The number of benzene rings is 2. The number of carbonyl (C=O) groups is 1. The number of rotatable bonds is 8. The molecule has 1 atom stereocenters. The van der Waals surface area contributed by atoms with Crippen LogP contribution in [-0.2, 0) is 15.0 Å². The monoisotopic (exact) mass is 542 g/mol. The second-order valence-electron chi connectivity index (χ2n) is 9.57. The van der Waals surface area contributed by atoms with Crippen molar-refractivity contribution >= 4 is 23.4 Å². The second kappa shape index (κ2) is 10.6. The molecule has 1 amide bonds. The number of halogens is 2. The first kappa shape index (κ1) is 26.0. The number of hydrogen-bond donors (Lipinski definition) is 2. The van der Waals surface area contributed by atoms with Crippen LogP contribution in [0, 0.1) is 0 Å². The summed E-state index contributed by atoms with van der Waals surface area (Å²) < 4.78 is 31.8. The highest BCUT2D eigenvalue weighted by atomic mass is 35.5. The number of amides is 1. The molecular weight excluding hydrogens is 515 g/mol. The molecule has 2 fully saturated rings. The summed E-state index contributed by atoms with van der Waals surface area (Å²) in [7, 11) is 1.34. The molecule has 5 rings (SSSR count). The molecule has 2 heterocycles. The standard InChI is InChI=1S/C27H28ClFN4O5/c1-36-25(35)32-27(12-13-27)18-3-7-20(8-4-18)38-21-9-5-19(6-10-21)33-24(34)23(28)22(15-31-33)30-16-26(29)11-2-14-37-17-26/h3-10,15,30H,2,11-14,16-17H2,1H3,(H,32,35)/t26-/m0/s1. The Balaban J connectivity index is 1.23. The molecule has 1 saturated heterocycles. The van der Waals surface area contributed by atoms with E-state index >= 15 is 0 Å². The Morgan fingerprint density at radius 3 is 2.42 bits per heavy atom. The fourth-order valence-electron chi connectivity index (χ4n) is 4.44. The maximum Gasteiger partial charge on any atom is 0.407 e. The van der Waals surface area contributed by atoms with E-state index in [9.17, 15) is 14.0 Å². The van der Waals surface area contributed by atoms with Crippen LogP contribution in [0.1, 0.15) is 31.2 Å². The van der Waals surface area contributed by atoms with Gasteiger partial charge in [-0.2, -0.15) is 9.78 Å². The molecule has 1 aliphatic heterocycles. The molecule has 2 aromatic carbocycles. The fraction of sp³-hybridized carbons (Fsp3) is 0.370. The number of methoxy groups -OCH3 is 1. The SMILES string of the molecule is COC(=O)NC1(c2ccc(Oc3ccc(-n4ncc(NC[C@@]5(F)CCCOC5)c(Cl)c4=O)cc3)cc2)CC1. The molecule has 1 aliphatic carbocycles. The van der Waals surface area contributed by atoms with Crippen molar-refractivity contribution in [3.63, 3.8) is 0 Å². The van der Waals surface area contributed by atoms with Crippen molar-refractivity contribution in [2.75, 3.05) is 32.2 Å². The van der Waals surface area contributed by atoms with E-state index in [0.29, 0.717) is 36.6 Å². The molecule has 3 aromatic rings. The van der Waals surface area contributed by atoms with Crippen LogP contribution in [0.3, 0.4) is 0 Å². The van der Waals surface area contributed by atoms with Crippen molar-refractivity contribution in [2.24, 2.45) is 0 Å². The summed E-state index contributed by atoms with van der Waals surface area (Å²) in [6.07, 6.45) is 3.68. The highest BCUT2D eigenvalue weighted by Crippen LogP contribution is 2.46. The van der Waals surface area contributed by atoms with Crippen LogP contribution in [0.2, 0.25) is 5.02 Å². The Morgan fingerprint density at radius 2 is 1.82 bits per heavy atom. The first-order valence-electron chi connectivity index (χ1n) is 12.3. The van der Waals surface area contributed by atoms with Crippen molar-refractivity contribution in [3.8, 4) is 17.2 Å². The van der Waals surface area contributed by atoms with Gasteiger partial charge in [-0.05, 0) is 67.6 Å². The summed E-state index contributed by atoms with van der Waals surface area (Å²) >= 11 is 6.29. The average Bonchev–Trinajstić information content (AvgIpc) is 3.71. The van der Waals surface area contributed by atoms with Gasteiger partial charge in [0.1, 0.15) is 16.5 Å². The van der Waals surface area contributed by atoms with E-state index in [-0.39, 0.29) is 29.4 Å². The van der Waals surface area contributed by atoms with E-state index in [1.54, 1.807) is 24.3 Å². The Hall–Kier alpha value is -3.63. The lowest BCUT2D eigenvalue weighted by Gasteiger charge is -2.29.